The summed E-state index contributed by atoms with van der Waals surface area (Å²) in [5.41, 5.74) is 9.73. The highest BCUT2D eigenvalue weighted by Crippen LogP contribution is 2.18. The Morgan fingerprint density at radius 1 is 0.960 bits per heavy atom. The summed E-state index contributed by atoms with van der Waals surface area (Å²) in [6.07, 6.45) is 0. The van der Waals surface area contributed by atoms with Gasteiger partial charge in [-0.2, -0.15) is 0 Å². The minimum Gasteiger partial charge on any atom is -0.369 e. The summed E-state index contributed by atoms with van der Waals surface area (Å²) >= 11 is 0. The summed E-state index contributed by atoms with van der Waals surface area (Å²) in [6.45, 7) is 4.97. The molecule has 0 radical (unpaired) electrons. The predicted molar refractivity (Wildman–Crippen MR) is 108 cm³/mol. The average Bonchev–Trinajstić information content (AvgIpc) is 3.07. The predicted octanol–water partition coefficient (Wildman–Crippen LogP) is 2.96. The van der Waals surface area contributed by atoms with Gasteiger partial charge in [-0.15, -0.1) is 17.0 Å². The minimum atomic E-state index is -0.0827. The SMILES string of the molecule is Br.NC(CN1CCN(c2ccccc2)CC1)c1nc2ccccc2[nH]1. The van der Waals surface area contributed by atoms with Crippen LogP contribution in [0.4, 0.5) is 5.69 Å². The Labute approximate surface area is 158 Å². The molecule has 3 N–H and O–H groups in total. The zero-order valence-electron chi connectivity index (χ0n) is 14.1. The molecule has 1 aromatic heterocycles. The molecule has 1 unspecified atom stereocenters. The van der Waals surface area contributed by atoms with Gasteiger partial charge >= 0.3 is 0 Å². The molecule has 25 heavy (non-hydrogen) atoms. The number of rotatable bonds is 4. The van der Waals surface area contributed by atoms with Crippen molar-refractivity contribution in [2.45, 2.75) is 6.04 Å². The second kappa shape index (κ2) is 7.99. The summed E-state index contributed by atoms with van der Waals surface area (Å²) < 4.78 is 0. The maximum Gasteiger partial charge on any atom is 0.125 e. The molecular formula is C19H24BrN5. The van der Waals surface area contributed by atoms with Gasteiger partial charge in [0.15, 0.2) is 0 Å². The highest BCUT2D eigenvalue weighted by atomic mass is 79.9. The van der Waals surface area contributed by atoms with Gasteiger partial charge in [0.05, 0.1) is 17.1 Å². The van der Waals surface area contributed by atoms with Crippen molar-refractivity contribution in [3.05, 3.63) is 60.4 Å². The van der Waals surface area contributed by atoms with Crippen LogP contribution in [-0.2, 0) is 0 Å². The van der Waals surface area contributed by atoms with Crippen LogP contribution in [0.1, 0.15) is 11.9 Å². The number of para-hydroxylation sites is 3. The van der Waals surface area contributed by atoms with Crippen LogP contribution in [0.3, 0.4) is 0 Å². The number of piperazine rings is 1. The van der Waals surface area contributed by atoms with Gasteiger partial charge < -0.3 is 15.6 Å². The number of hydrogen-bond acceptors (Lipinski definition) is 4. The van der Waals surface area contributed by atoms with Crippen molar-refractivity contribution in [3.63, 3.8) is 0 Å². The first-order valence-corrected chi connectivity index (χ1v) is 8.52. The molecule has 2 heterocycles. The Kier molecular flexibility index (Phi) is 5.73. The number of anilines is 1. The van der Waals surface area contributed by atoms with Crippen LogP contribution in [0.25, 0.3) is 11.0 Å². The van der Waals surface area contributed by atoms with Crippen LogP contribution in [0.2, 0.25) is 0 Å². The molecule has 0 saturated carbocycles. The number of nitrogens with two attached hydrogens (primary N) is 1. The zero-order chi connectivity index (χ0) is 16.4. The largest absolute Gasteiger partial charge is 0.369 e. The number of nitrogens with zero attached hydrogens (tertiary/aromatic N) is 3. The van der Waals surface area contributed by atoms with Gasteiger partial charge in [0, 0.05) is 38.4 Å². The van der Waals surface area contributed by atoms with E-state index < -0.39 is 0 Å². The molecule has 0 spiro atoms. The molecule has 132 valence electrons. The first-order valence-electron chi connectivity index (χ1n) is 8.52. The Bertz CT molecular complexity index is 763. The fraction of sp³-hybridized carbons (Fsp3) is 0.316. The first-order chi connectivity index (χ1) is 11.8. The lowest BCUT2D eigenvalue weighted by Crippen LogP contribution is -2.48. The van der Waals surface area contributed by atoms with Crippen LogP contribution >= 0.6 is 17.0 Å². The Balaban J connectivity index is 0.00000182. The number of aromatic nitrogens is 2. The molecule has 1 fully saturated rings. The monoisotopic (exact) mass is 401 g/mol. The van der Waals surface area contributed by atoms with Crippen molar-refractivity contribution >= 4 is 33.7 Å². The summed E-state index contributed by atoms with van der Waals surface area (Å²) in [5.74, 6) is 0.877. The molecule has 3 aromatic rings. The van der Waals surface area contributed by atoms with E-state index in [0.717, 1.165) is 49.6 Å². The number of imidazole rings is 1. The van der Waals surface area contributed by atoms with Gasteiger partial charge in [-0.3, -0.25) is 4.90 Å². The standard InChI is InChI=1S/C19H23N5.BrH/c20-16(19-21-17-8-4-5-9-18(17)22-19)14-23-10-12-24(13-11-23)15-6-2-1-3-7-15;/h1-9,16H,10-14,20H2,(H,21,22);1H. The van der Waals surface area contributed by atoms with E-state index >= 15 is 0 Å². The molecule has 6 heteroatoms. The molecule has 5 nitrogen and oxygen atoms in total. The Hall–Kier alpha value is -1.89. The van der Waals surface area contributed by atoms with Crippen molar-refractivity contribution in [2.75, 3.05) is 37.6 Å². The van der Waals surface area contributed by atoms with Crippen LogP contribution in [0, 0.1) is 0 Å². The van der Waals surface area contributed by atoms with E-state index in [1.165, 1.54) is 5.69 Å². The van der Waals surface area contributed by atoms with E-state index in [9.17, 15) is 0 Å². The van der Waals surface area contributed by atoms with Crippen molar-refractivity contribution in [3.8, 4) is 0 Å². The average molecular weight is 402 g/mol. The number of H-pyrrole nitrogens is 1. The number of fused-ring (bicyclic) bond motifs is 1. The fourth-order valence-corrected chi connectivity index (χ4v) is 3.34. The van der Waals surface area contributed by atoms with Gasteiger partial charge in [-0.25, -0.2) is 4.98 Å². The first kappa shape index (κ1) is 17.9. The third kappa shape index (κ3) is 4.03. The molecule has 0 aliphatic carbocycles. The summed E-state index contributed by atoms with van der Waals surface area (Å²) in [5, 5.41) is 0. The van der Waals surface area contributed by atoms with Gasteiger partial charge in [0.1, 0.15) is 5.82 Å². The van der Waals surface area contributed by atoms with E-state index in [2.05, 4.69) is 50.1 Å². The maximum atomic E-state index is 6.39. The van der Waals surface area contributed by atoms with E-state index in [0.29, 0.717) is 0 Å². The highest BCUT2D eigenvalue weighted by Gasteiger charge is 2.20. The van der Waals surface area contributed by atoms with Crippen LogP contribution in [0.5, 0.6) is 0 Å². The lowest BCUT2D eigenvalue weighted by molar-refractivity contribution is 0.241. The summed E-state index contributed by atoms with van der Waals surface area (Å²) in [6, 6.07) is 18.6. The second-order valence-electron chi connectivity index (χ2n) is 6.37. The van der Waals surface area contributed by atoms with E-state index in [4.69, 9.17) is 5.73 Å². The van der Waals surface area contributed by atoms with Crippen LogP contribution in [-0.4, -0.2) is 47.6 Å². The quantitative estimate of drug-likeness (QED) is 0.705. The zero-order valence-corrected chi connectivity index (χ0v) is 15.8. The molecular weight excluding hydrogens is 378 g/mol. The maximum absolute atomic E-state index is 6.39. The lowest BCUT2D eigenvalue weighted by atomic mass is 10.2. The van der Waals surface area contributed by atoms with Crippen LogP contribution < -0.4 is 10.6 Å². The summed E-state index contributed by atoms with van der Waals surface area (Å²) in [7, 11) is 0. The Morgan fingerprint density at radius 2 is 1.64 bits per heavy atom. The van der Waals surface area contributed by atoms with Gasteiger partial charge in [-0.05, 0) is 24.3 Å². The molecule has 1 aliphatic rings. The van der Waals surface area contributed by atoms with Crippen LogP contribution in [0.15, 0.2) is 54.6 Å². The molecule has 4 rings (SSSR count). The molecule has 1 aliphatic heterocycles. The van der Waals surface area contributed by atoms with E-state index in [1.807, 2.05) is 24.3 Å². The van der Waals surface area contributed by atoms with Gasteiger partial charge in [-0.1, -0.05) is 30.3 Å². The second-order valence-corrected chi connectivity index (χ2v) is 6.37. The van der Waals surface area contributed by atoms with Crippen molar-refractivity contribution < 1.29 is 0 Å². The van der Waals surface area contributed by atoms with E-state index in [1.54, 1.807) is 0 Å². The van der Waals surface area contributed by atoms with Gasteiger partial charge in [0.25, 0.3) is 0 Å². The smallest absolute Gasteiger partial charge is 0.125 e. The Morgan fingerprint density at radius 3 is 2.36 bits per heavy atom. The summed E-state index contributed by atoms with van der Waals surface area (Å²) in [4.78, 5) is 12.8. The number of benzene rings is 2. The number of aromatic amines is 1. The van der Waals surface area contributed by atoms with E-state index in [-0.39, 0.29) is 23.0 Å². The molecule has 1 saturated heterocycles. The molecule has 0 amide bonds. The number of halogens is 1. The van der Waals surface area contributed by atoms with Crippen molar-refractivity contribution in [1.29, 1.82) is 0 Å². The third-order valence-corrected chi connectivity index (χ3v) is 4.71. The lowest BCUT2D eigenvalue weighted by Gasteiger charge is -2.36. The molecule has 2 aromatic carbocycles. The van der Waals surface area contributed by atoms with Crippen molar-refractivity contribution in [2.24, 2.45) is 5.73 Å². The normalized spacial score (nSPS) is 16.6. The fourth-order valence-electron chi connectivity index (χ4n) is 3.34. The highest BCUT2D eigenvalue weighted by molar-refractivity contribution is 8.93. The molecule has 1 atom stereocenters. The molecule has 0 bridgehead atoms. The topological polar surface area (TPSA) is 61.2 Å². The number of hydrogen-bond donors (Lipinski definition) is 2. The van der Waals surface area contributed by atoms with Gasteiger partial charge in [0.2, 0.25) is 0 Å². The number of nitrogens with one attached hydrogen (secondary N) is 1. The van der Waals surface area contributed by atoms with Crippen molar-refractivity contribution in [1.82, 2.24) is 14.9 Å². The third-order valence-electron chi connectivity index (χ3n) is 4.71. The minimum absolute atomic E-state index is 0.